The Labute approximate surface area is 150 Å². The average Bonchev–Trinajstić information content (AvgIpc) is 3.19. The van der Waals surface area contributed by atoms with Gasteiger partial charge in [0, 0.05) is 5.56 Å². The molecular formula is C16H12BrN3O3S. The number of amides is 2. The van der Waals surface area contributed by atoms with Crippen LogP contribution in [0.25, 0.3) is 11.3 Å². The van der Waals surface area contributed by atoms with Crippen LogP contribution in [0.2, 0.25) is 0 Å². The van der Waals surface area contributed by atoms with Gasteiger partial charge in [-0.2, -0.15) is 0 Å². The summed E-state index contributed by atoms with van der Waals surface area (Å²) in [7, 11) is 0. The summed E-state index contributed by atoms with van der Waals surface area (Å²) in [5.74, 6) is -0.509. The smallest absolute Gasteiger partial charge is 0.279 e. The molecule has 122 valence electrons. The molecule has 3 rings (SSSR count). The second-order valence-electron chi connectivity index (χ2n) is 4.84. The predicted octanol–water partition coefficient (Wildman–Crippen LogP) is 3.55. The van der Waals surface area contributed by atoms with Gasteiger partial charge in [-0.05, 0) is 35.0 Å². The molecule has 2 amide bonds. The molecule has 0 aliphatic carbocycles. The molecule has 1 aromatic carbocycles. The number of carbonyl (C=O) groups is 2. The Kier molecular flexibility index (Phi) is 4.77. The molecule has 0 atom stereocenters. The van der Waals surface area contributed by atoms with Crippen LogP contribution < -0.4 is 10.9 Å². The van der Waals surface area contributed by atoms with Gasteiger partial charge in [-0.3, -0.25) is 20.4 Å². The summed E-state index contributed by atoms with van der Waals surface area (Å²) >= 11 is 4.56. The summed E-state index contributed by atoms with van der Waals surface area (Å²) in [6.07, 6.45) is 0. The van der Waals surface area contributed by atoms with Crippen LogP contribution in [0.3, 0.4) is 0 Å². The molecule has 2 heterocycles. The highest BCUT2D eigenvalue weighted by Crippen LogP contribution is 2.25. The zero-order valence-electron chi connectivity index (χ0n) is 12.5. The second kappa shape index (κ2) is 6.98. The molecule has 24 heavy (non-hydrogen) atoms. The number of hydrazine groups is 1. The highest BCUT2D eigenvalue weighted by molar-refractivity contribution is 9.11. The molecule has 0 bridgehead atoms. The van der Waals surface area contributed by atoms with Crippen LogP contribution in [0.15, 0.2) is 50.8 Å². The number of thiophene rings is 1. The Morgan fingerprint density at radius 3 is 2.46 bits per heavy atom. The van der Waals surface area contributed by atoms with Gasteiger partial charge in [0.2, 0.25) is 0 Å². The summed E-state index contributed by atoms with van der Waals surface area (Å²) in [4.78, 5) is 24.9. The molecular weight excluding hydrogens is 394 g/mol. The third-order valence-corrected chi connectivity index (χ3v) is 4.85. The van der Waals surface area contributed by atoms with Crippen LogP contribution in [0, 0.1) is 6.92 Å². The molecule has 0 aliphatic heterocycles. The lowest BCUT2D eigenvalue weighted by atomic mass is 10.1. The normalized spacial score (nSPS) is 10.4. The molecule has 2 aromatic heterocycles. The Balaban J connectivity index is 1.76. The van der Waals surface area contributed by atoms with Crippen molar-refractivity contribution in [2.45, 2.75) is 6.92 Å². The van der Waals surface area contributed by atoms with E-state index in [0.29, 0.717) is 16.3 Å². The van der Waals surface area contributed by atoms with Crippen LogP contribution in [0.4, 0.5) is 0 Å². The highest BCUT2D eigenvalue weighted by atomic mass is 79.9. The molecule has 0 saturated heterocycles. The van der Waals surface area contributed by atoms with Crippen molar-refractivity contribution < 1.29 is 14.1 Å². The van der Waals surface area contributed by atoms with Crippen LogP contribution in [0.5, 0.6) is 0 Å². The zero-order chi connectivity index (χ0) is 17.1. The number of hydrogen-bond acceptors (Lipinski definition) is 5. The van der Waals surface area contributed by atoms with Crippen LogP contribution in [-0.2, 0) is 0 Å². The molecule has 6 nitrogen and oxygen atoms in total. The lowest BCUT2D eigenvalue weighted by Gasteiger charge is -2.06. The maximum absolute atomic E-state index is 12.4. The van der Waals surface area contributed by atoms with E-state index in [4.69, 9.17) is 4.52 Å². The quantitative estimate of drug-likeness (QED) is 0.652. The Bertz CT molecular complexity index is 889. The minimum absolute atomic E-state index is 0.286. The lowest BCUT2D eigenvalue weighted by molar-refractivity contribution is 0.0848. The summed E-state index contributed by atoms with van der Waals surface area (Å²) in [6, 6.07) is 12.6. The van der Waals surface area contributed by atoms with Gasteiger partial charge in [0.1, 0.15) is 17.0 Å². The molecule has 0 fully saturated rings. The first-order chi connectivity index (χ1) is 11.6. The monoisotopic (exact) mass is 405 g/mol. The fourth-order valence-corrected chi connectivity index (χ4v) is 3.39. The van der Waals surface area contributed by atoms with Crippen molar-refractivity contribution in [1.29, 1.82) is 0 Å². The van der Waals surface area contributed by atoms with Gasteiger partial charge in [-0.15, -0.1) is 11.3 Å². The number of nitrogens with one attached hydrogen (secondary N) is 2. The van der Waals surface area contributed by atoms with Crippen molar-refractivity contribution >= 4 is 39.1 Å². The van der Waals surface area contributed by atoms with Gasteiger partial charge in [0.05, 0.1) is 8.66 Å². The van der Waals surface area contributed by atoms with E-state index in [1.165, 1.54) is 11.3 Å². The van der Waals surface area contributed by atoms with Crippen molar-refractivity contribution in [1.82, 2.24) is 16.0 Å². The number of benzene rings is 1. The van der Waals surface area contributed by atoms with Crippen LogP contribution >= 0.6 is 27.3 Å². The molecule has 0 saturated carbocycles. The topological polar surface area (TPSA) is 84.2 Å². The maximum atomic E-state index is 12.4. The Morgan fingerprint density at radius 2 is 1.79 bits per heavy atom. The highest BCUT2D eigenvalue weighted by Gasteiger charge is 2.22. The minimum atomic E-state index is -0.489. The van der Waals surface area contributed by atoms with E-state index in [2.05, 4.69) is 31.9 Å². The van der Waals surface area contributed by atoms with Crippen molar-refractivity contribution in [2.24, 2.45) is 0 Å². The van der Waals surface area contributed by atoms with Gasteiger partial charge < -0.3 is 4.52 Å². The number of aryl methyl sites for hydroxylation is 1. The first kappa shape index (κ1) is 16.4. The van der Waals surface area contributed by atoms with Crippen molar-refractivity contribution in [3.05, 3.63) is 62.5 Å². The first-order valence-corrected chi connectivity index (χ1v) is 8.55. The number of carbonyl (C=O) groups excluding carboxylic acids is 2. The summed E-state index contributed by atoms with van der Waals surface area (Å²) in [6.45, 7) is 1.65. The van der Waals surface area contributed by atoms with Crippen molar-refractivity contribution in [3.8, 4) is 11.3 Å². The average molecular weight is 406 g/mol. The molecule has 0 radical (unpaired) electrons. The molecule has 0 aliphatic rings. The van der Waals surface area contributed by atoms with E-state index in [-0.39, 0.29) is 5.56 Å². The van der Waals surface area contributed by atoms with Gasteiger partial charge in [0.15, 0.2) is 0 Å². The number of halogens is 1. The van der Waals surface area contributed by atoms with Crippen molar-refractivity contribution in [3.63, 3.8) is 0 Å². The van der Waals surface area contributed by atoms with Crippen LogP contribution in [0.1, 0.15) is 25.8 Å². The van der Waals surface area contributed by atoms with E-state index in [1.807, 2.05) is 30.3 Å². The summed E-state index contributed by atoms with van der Waals surface area (Å²) in [5, 5.41) is 3.94. The predicted molar refractivity (Wildman–Crippen MR) is 93.6 cm³/mol. The fourth-order valence-electron chi connectivity index (χ4n) is 2.11. The fraction of sp³-hybridized carbons (Fsp3) is 0.0625. The van der Waals surface area contributed by atoms with E-state index in [9.17, 15) is 9.59 Å². The minimum Gasteiger partial charge on any atom is -0.360 e. The third-order valence-electron chi connectivity index (χ3n) is 3.22. The molecule has 8 heteroatoms. The van der Waals surface area contributed by atoms with Crippen molar-refractivity contribution in [2.75, 3.05) is 0 Å². The largest absolute Gasteiger partial charge is 0.360 e. The maximum Gasteiger partial charge on any atom is 0.279 e. The van der Waals surface area contributed by atoms with E-state index in [0.717, 1.165) is 9.35 Å². The van der Waals surface area contributed by atoms with Gasteiger partial charge >= 0.3 is 0 Å². The number of nitrogens with zero attached hydrogens (tertiary/aromatic N) is 1. The molecule has 2 N–H and O–H groups in total. The van der Waals surface area contributed by atoms with E-state index in [1.54, 1.807) is 19.1 Å². The van der Waals surface area contributed by atoms with Gasteiger partial charge in [-0.1, -0.05) is 35.5 Å². The lowest BCUT2D eigenvalue weighted by Crippen LogP contribution is -2.41. The van der Waals surface area contributed by atoms with E-state index >= 15 is 0 Å². The SMILES string of the molecule is Cc1onc(-c2ccccc2)c1C(=O)NNC(=O)c1ccc(Br)s1. The Morgan fingerprint density at radius 1 is 1.08 bits per heavy atom. The number of aromatic nitrogens is 1. The summed E-state index contributed by atoms with van der Waals surface area (Å²) < 4.78 is 5.97. The zero-order valence-corrected chi connectivity index (χ0v) is 14.9. The van der Waals surface area contributed by atoms with Crippen LogP contribution in [-0.4, -0.2) is 17.0 Å². The third kappa shape index (κ3) is 3.39. The standard InChI is InChI=1S/C16H12BrN3O3S/c1-9-13(14(20-23-9)10-5-3-2-4-6-10)16(22)19-18-15(21)11-7-8-12(17)24-11/h2-8H,1H3,(H,18,21)(H,19,22). The molecule has 0 unspecified atom stereocenters. The second-order valence-corrected chi connectivity index (χ2v) is 7.30. The number of hydrogen-bond donors (Lipinski definition) is 2. The summed E-state index contributed by atoms with van der Waals surface area (Å²) in [5.41, 5.74) is 6.26. The molecule has 3 aromatic rings. The van der Waals surface area contributed by atoms with E-state index < -0.39 is 11.8 Å². The van der Waals surface area contributed by atoms with Gasteiger partial charge in [-0.25, -0.2) is 0 Å². The van der Waals surface area contributed by atoms with Gasteiger partial charge in [0.25, 0.3) is 11.8 Å². The Hall–Kier alpha value is -2.45. The first-order valence-electron chi connectivity index (χ1n) is 6.94. The number of rotatable bonds is 3. The molecule has 0 spiro atoms.